The summed E-state index contributed by atoms with van der Waals surface area (Å²) in [5, 5.41) is 2.62. The normalized spacial score (nSPS) is 19.8. The van der Waals surface area contributed by atoms with Crippen LogP contribution < -0.4 is 11.1 Å². The topological polar surface area (TPSA) is 97.0 Å². The lowest BCUT2D eigenvalue weighted by Gasteiger charge is -2.30. The van der Waals surface area contributed by atoms with Crippen molar-refractivity contribution < 1.29 is 14.3 Å². The summed E-state index contributed by atoms with van der Waals surface area (Å²) in [4.78, 5) is 30.8. The fraction of sp³-hybridized carbons (Fsp3) is 0.632. The van der Waals surface area contributed by atoms with Gasteiger partial charge in [-0.2, -0.15) is 0 Å². The molecule has 1 fully saturated rings. The van der Waals surface area contributed by atoms with Crippen molar-refractivity contribution in [3.05, 3.63) is 24.3 Å². The van der Waals surface area contributed by atoms with E-state index in [1.165, 1.54) is 7.11 Å². The van der Waals surface area contributed by atoms with E-state index in [-0.39, 0.29) is 23.9 Å². The molecule has 1 saturated heterocycles. The lowest BCUT2D eigenvalue weighted by atomic mass is 10.0. The molecule has 1 heterocycles. The van der Waals surface area contributed by atoms with Crippen LogP contribution in [0.25, 0.3) is 0 Å². The van der Waals surface area contributed by atoms with E-state index < -0.39 is 12.1 Å². The summed E-state index contributed by atoms with van der Waals surface area (Å²) >= 11 is 0. The average Bonchev–Trinajstić information content (AvgIpc) is 3.07. The number of carbonyl (C=O) groups excluding carboxylic acids is 2. The van der Waals surface area contributed by atoms with Crippen LogP contribution in [0, 0.1) is 5.92 Å². The molecule has 7 heteroatoms. The number of ether oxygens (including phenoxy) is 1. The first kappa shape index (κ1) is 21.7. The van der Waals surface area contributed by atoms with Crippen LogP contribution in [0.1, 0.15) is 40.5 Å². The van der Waals surface area contributed by atoms with E-state index in [9.17, 15) is 9.59 Å². The molecule has 0 aromatic rings. The number of carbonyl (C=O) groups is 2. The molecule has 0 aromatic carbocycles. The highest BCUT2D eigenvalue weighted by atomic mass is 16.5. The fourth-order valence-electron chi connectivity index (χ4n) is 2.96. The lowest BCUT2D eigenvalue weighted by Crippen LogP contribution is -2.54. The molecule has 0 unspecified atom stereocenters. The number of hydrogen-bond donors (Lipinski definition) is 2. The summed E-state index contributed by atoms with van der Waals surface area (Å²) in [5.41, 5.74) is 7.90. The van der Waals surface area contributed by atoms with Crippen molar-refractivity contribution in [2.75, 3.05) is 13.7 Å². The number of amides is 2. The maximum Gasteiger partial charge on any atom is 0.407 e. The molecule has 146 valence electrons. The number of amidine groups is 1. The zero-order valence-electron chi connectivity index (χ0n) is 16.5. The Morgan fingerprint density at radius 3 is 2.42 bits per heavy atom. The average molecular weight is 364 g/mol. The summed E-state index contributed by atoms with van der Waals surface area (Å²) in [6, 6.07) is -1.14. The first-order valence-electron chi connectivity index (χ1n) is 8.92. The van der Waals surface area contributed by atoms with Crippen LogP contribution in [0.2, 0.25) is 0 Å². The standard InChI is InChI=1S/C19H32N4O3/c1-11(2)13(5)14(6)21-17(20)15-9-8-10-23(15)18(24)16(12(3)4)22-19(25)26-7/h12,14-16H,1,5,8-10H2,2-4,6-7H3,(H2,20,21)(H,22,25)/t14-,15-,16-/m0/s1. The summed E-state index contributed by atoms with van der Waals surface area (Å²) in [6.07, 6.45) is 0.961. The van der Waals surface area contributed by atoms with E-state index in [4.69, 9.17) is 5.73 Å². The molecular weight excluding hydrogens is 332 g/mol. The van der Waals surface area contributed by atoms with Gasteiger partial charge in [-0.15, -0.1) is 0 Å². The van der Waals surface area contributed by atoms with Gasteiger partial charge in [-0.05, 0) is 38.2 Å². The Labute approximate surface area is 156 Å². The van der Waals surface area contributed by atoms with Gasteiger partial charge in [0, 0.05) is 6.54 Å². The Morgan fingerprint density at radius 2 is 1.92 bits per heavy atom. The molecule has 1 aliphatic heterocycles. The van der Waals surface area contributed by atoms with Crippen molar-refractivity contribution in [2.24, 2.45) is 16.6 Å². The number of rotatable bonds is 7. The van der Waals surface area contributed by atoms with Gasteiger partial charge in [0.1, 0.15) is 11.9 Å². The minimum absolute atomic E-state index is 0.0804. The molecule has 0 radical (unpaired) electrons. The van der Waals surface area contributed by atoms with Gasteiger partial charge in [0.2, 0.25) is 5.91 Å². The highest BCUT2D eigenvalue weighted by Gasteiger charge is 2.37. The van der Waals surface area contributed by atoms with Crippen LogP contribution in [-0.4, -0.2) is 54.5 Å². The number of aliphatic imine (C=N–C) groups is 1. The molecule has 26 heavy (non-hydrogen) atoms. The molecule has 0 aliphatic carbocycles. The van der Waals surface area contributed by atoms with Gasteiger partial charge in [0.05, 0.1) is 19.2 Å². The van der Waals surface area contributed by atoms with E-state index >= 15 is 0 Å². The number of hydrogen-bond acceptors (Lipinski definition) is 4. The molecule has 0 spiro atoms. The molecule has 1 aliphatic rings. The summed E-state index contributed by atoms with van der Waals surface area (Å²) in [5.74, 6) is 0.159. The van der Waals surface area contributed by atoms with E-state index in [2.05, 4.69) is 28.2 Å². The highest BCUT2D eigenvalue weighted by Crippen LogP contribution is 2.22. The van der Waals surface area contributed by atoms with E-state index in [0.29, 0.717) is 12.4 Å². The molecule has 0 aromatic heterocycles. The zero-order chi connectivity index (χ0) is 20.0. The van der Waals surface area contributed by atoms with Gasteiger partial charge in [-0.3, -0.25) is 9.79 Å². The quantitative estimate of drug-likeness (QED) is 0.411. The van der Waals surface area contributed by atoms with Crippen LogP contribution >= 0.6 is 0 Å². The lowest BCUT2D eigenvalue weighted by molar-refractivity contribution is -0.134. The second kappa shape index (κ2) is 9.40. The SMILES string of the molecule is C=C(C)C(=C)[C@H](C)N=C(N)[C@@H]1CCCN1C(=O)[C@@H](NC(=O)OC)C(C)C. The molecule has 2 amide bonds. The number of nitrogens with zero attached hydrogens (tertiary/aromatic N) is 2. The maximum atomic E-state index is 13.0. The fourth-order valence-corrected chi connectivity index (χ4v) is 2.96. The number of nitrogens with one attached hydrogen (secondary N) is 1. The molecular formula is C19H32N4O3. The Kier molecular flexibility index (Phi) is 7.86. The first-order chi connectivity index (χ1) is 12.1. The Bertz CT molecular complexity index is 598. The van der Waals surface area contributed by atoms with Crippen molar-refractivity contribution >= 4 is 17.8 Å². The molecule has 3 N–H and O–H groups in total. The van der Waals surface area contributed by atoms with Gasteiger partial charge in [-0.1, -0.05) is 32.6 Å². The Hall–Kier alpha value is -2.31. The van der Waals surface area contributed by atoms with Crippen LogP contribution in [0.5, 0.6) is 0 Å². The van der Waals surface area contributed by atoms with Crippen molar-refractivity contribution in [1.82, 2.24) is 10.2 Å². The van der Waals surface area contributed by atoms with Crippen LogP contribution in [0.3, 0.4) is 0 Å². The summed E-state index contributed by atoms with van der Waals surface area (Å²) in [6.45, 7) is 16.0. The monoisotopic (exact) mass is 364 g/mol. The van der Waals surface area contributed by atoms with Gasteiger partial charge < -0.3 is 20.7 Å². The van der Waals surface area contributed by atoms with Gasteiger partial charge in [-0.25, -0.2) is 4.79 Å². The molecule has 1 rings (SSSR count). The van der Waals surface area contributed by atoms with Crippen LogP contribution in [0.4, 0.5) is 4.79 Å². The van der Waals surface area contributed by atoms with Crippen molar-refractivity contribution in [1.29, 1.82) is 0 Å². The second-order valence-electron chi connectivity index (χ2n) is 7.08. The van der Waals surface area contributed by atoms with Crippen molar-refractivity contribution in [3.63, 3.8) is 0 Å². The van der Waals surface area contributed by atoms with Gasteiger partial charge >= 0.3 is 6.09 Å². The molecule has 0 saturated carbocycles. The predicted octanol–water partition coefficient (Wildman–Crippen LogP) is 2.24. The number of nitrogens with two attached hydrogens (primary N) is 1. The molecule has 7 nitrogen and oxygen atoms in total. The first-order valence-corrected chi connectivity index (χ1v) is 8.92. The number of alkyl carbamates (subject to hydrolysis) is 1. The Balaban J connectivity index is 2.97. The number of methoxy groups -OCH3 is 1. The van der Waals surface area contributed by atoms with Crippen LogP contribution in [0.15, 0.2) is 29.3 Å². The van der Waals surface area contributed by atoms with Gasteiger partial charge in [0.25, 0.3) is 0 Å². The zero-order valence-corrected chi connectivity index (χ0v) is 16.5. The third kappa shape index (κ3) is 5.34. The minimum atomic E-state index is -0.668. The third-order valence-electron chi connectivity index (χ3n) is 4.66. The van der Waals surface area contributed by atoms with Crippen molar-refractivity contribution in [3.8, 4) is 0 Å². The van der Waals surface area contributed by atoms with E-state index in [1.807, 2.05) is 27.7 Å². The highest BCUT2D eigenvalue weighted by molar-refractivity contribution is 5.93. The van der Waals surface area contributed by atoms with E-state index in [0.717, 1.165) is 24.0 Å². The smallest absolute Gasteiger partial charge is 0.407 e. The predicted molar refractivity (Wildman–Crippen MR) is 104 cm³/mol. The largest absolute Gasteiger partial charge is 0.453 e. The molecule has 0 bridgehead atoms. The van der Waals surface area contributed by atoms with Gasteiger partial charge in [0.15, 0.2) is 0 Å². The number of likely N-dealkylation sites (tertiary alicyclic amines) is 1. The van der Waals surface area contributed by atoms with Crippen molar-refractivity contribution in [2.45, 2.75) is 58.7 Å². The minimum Gasteiger partial charge on any atom is -0.453 e. The summed E-state index contributed by atoms with van der Waals surface area (Å²) < 4.78 is 4.63. The summed E-state index contributed by atoms with van der Waals surface area (Å²) in [7, 11) is 1.27. The molecule has 3 atom stereocenters. The van der Waals surface area contributed by atoms with Crippen LogP contribution in [-0.2, 0) is 9.53 Å². The Morgan fingerprint density at radius 1 is 1.31 bits per heavy atom. The third-order valence-corrected chi connectivity index (χ3v) is 4.66. The maximum absolute atomic E-state index is 13.0. The van der Waals surface area contributed by atoms with E-state index in [1.54, 1.807) is 4.90 Å². The second-order valence-corrected chi connectivity index (χ2v) is 7.08.